The molecule has 1 aliphatic rings. The molecule has 0 aromatic heterocycles. The van der Waals surface area contributed by atoms with Gasteiger partial charge in [-0.2, -0.15) is 0 Å². The molecule has 1 aromatic carbocycles. The molecule has 1 aromatic rings. The standard InChI is InChI=1S/C14H18N2O3/c17-12-7-3-4-10(8-12)14(19)15-9-13(18)16-11-5-1-2-6-11/h3-4,7-8,11,17H,1-2,5-6,9H2,(H,15,19)(H,16,18). The minimum Gasteiger partial charge on any atom is -0.508 e. The summed E-state index contributed by atoms with van der Waals surface area (Å²) < 4.78 is 0. The van der Waals surface area contributed by atoms with Crippen LogP contribution >= 0.6 is 0 Å². The van der Waals surface area contributed by atoms with Crippen LogP contribution in [0.3, 0.4) is 0 Å². The van der Waals surface area contributed by atoms with Crippen LogP contribution in [-0.4, -0.2) is 29.5 Å². The predicted octanol–water partition coefficient (Wildman–Crippen LogP) is 1.18. The van der Waals surface area contributed by atoms with Crippen LogP contribution in [0.1, 0.15) is 36.0 Å². The first kappa shape index (κ1) is 13.4. The third-order valence-corrected chi connectivity index (χ3v) is 3.24. The van der Waals surface area contributed by atoms with E-state index in [2.05, 4.69) is 10.6 Å². The first-order valence-electron chi connectivity index (χ1n) is 6.52. The Bertz CT molecular complexity index is 468. The Balaban J connectivity index is 1.78. The highest BCUT2D eigenvalue weighted by atomic mass is 16.3. The summed E-state index contributed by atoms with van der Waals surface area (Å²) in [5.74, 6) is -0.499. The number of aromatic hydroxyl groups is 1. The molecule has 102 valence electrons. The van der Waals surface area contributed by atoms with Gasteiger partial charge in [-0.3, -0.25) is 9.59 Å². The van der Waals surface area contributed by atoms with Gasteiger partial charge in [0.05, 0.1) is 6.54 Å². The average Bonchev–Trinajstić information content (AvgIpc) is 2.88. The molecule has 0 bridgehead atoms. The third kappa shape index (κ3) is 3.98. The van der Waals surface area contributed by atoms with Gasteiger partial charge in [-0.1, -0.05) is 18.9 Å². The number of benzene rings is 1. The fourth-order valence-electron chi connectivity index (χ4n) is 2.26. The van der Waals surface area contributed by atoms with E-state index in [-0.39, 0.29) is 30.2 Å². The summed E-state index contributed by atoms with van der Waals surface area (Å²) in [6, 6.07) is 6.28. The van der Waals surface area contributed by atoms with Gasteiger partial charge in [-0.25, -0.2) is 0 Å². The van der Waals surface area contributed by atoms with E-state index in [0.29, 0.717) is 5.56 Å². The van der Waals surface area contributed by atoms with E-state index < -0.39 is 0 Å². The Morgan fingerprint density at radius 1 is 1.26 bits per heavy atom. The molecule has 5 heteroatoms. The van der Waals surface area contributed by atoms with Gasteiger partial charge in [0.15, 0.2) is 0 Å². The van der Waals surface area contributed by atoms with Crippen molar-refractivity contribution >= 4 is 11.8 Å². The second-order valence-corrected chi connectivity index (χ2v) is 4.78. The Kier molecular flexibility index (Phi) is 4.39. The van der Waals surface area contributed by atoms with E-state index in [1.165, 1.54) is 12.1 Å². The number of phenols is 1. The Morgan fingerprint density at radius 3 is 2.68 bits per heavy atom. The molecule has 0 heterocycles. The maximum absolute atomic E-state index is 11.7. The van der Waals surface area contributed by atoms with Gasteiger partial charge in [0.25, 0.3) is 5.91 Å². The highest BCUT2D eigenvalue weighted by molar-refractivity contribution is 5.96. The molecule has 1 fully saturated rings. The number of carbonyl (C=O) groups excluding carboxylic acids is 2. The maximum Gasteiger partial charge on any atom is 0.251 e. The van der Waals surface area contributed by atoms with Crippen LogP contribution in [0, 0.1) is 0 Å². The molecule has 0 atom stereocenters. The number of rotatable bonds is 4. The molecule has 0 radical (unpaired) electrons. The van der Waals surface area contributed by atoms with E-state index in [9.17, 15) is 14.7 Å². The fraction of sp³-hybridized carbons (Fsp3) is 0.429. The van der Waals surface area contributed by atoms with E-state index in [0.717, 1.165) is 25.7 Å². The van der Waals surface area contributed by atoms with Gasteiger partial charge in [0, 0.05) is 11.6 Å². The first-order valence-corrected chi connectivity index (χ1v) is 6.52. The molecule has 2 rings (SSSR count). The predicted molar refractivity (Wildman–Crippen MR) is 70.8 cm³/mol. The summed E-state index contributed by atoms with van der Waals surface area (Å²) in [6.45, 7) is -0.0367. The molecule has 0 spiro atoms. The van der Waals surface area contributed by atoms with Crippen LogP contribution in [0.2, 0.25) is 0 Å². The maximum atomic E-state index is 11.7. The first-order chi connectivity index (χ1) is 9.15. The number of carbonyl (C=O) groups is 2. The lowest BCUT2D eigenvalue weighted by molar-refractivity contribution is -0.120. The molecular formula is C14H18N2O3. The van der Waals surface area contributed by atoms with Crippen molar-refractivity contribution in [2.24, 2.45) is 0 Å². The van der Waals surface area contributed by atoms with Crippen LogP contribution in [0.4, 0.5) is 0 Å². The number of amides is 2. The number of hydrogen-bond donors (Lipinski definition) is 3. The largest absolute Gasteiger partial charge is 0.508 e. The summed E-state index contributed by atoms with van der Waals surface area (Å²) in [7, 11) is 0. The molecule has 1 saturated carbocycles. The second kappa shape index (κ2) is 6.22. The quantitative estimate of drug-likeness (QED) is 0.762. The number of nitrogens with one attached hydrogen (secondary N) is 2. The number of phenolic OH excluding ortho intramolecular Hbond substituents is 1. The van der Waals surface area contributed by atoms with Crippen LogP contribution in [-0.2, 0) is 4.79 Å². The van der Waals surface area contributed by atoms with Crippen LogP contribution < -0.4 is 10.6 Å². The molecule has 1 aliphatic carbocycles. The Hall–Kier alpha value is -2.04. The highest BCUT2D eigenvalue weighted by Gasteiger charge is 2.17. The summed E-state index contributed by atoms with van der Waals surface area (Å²) in [4.78, 5) is 23.4. The molecular weight excluding hydrogens is 244 g/mol. The molecule has 0 unspecified atom stereocenters. The minimum absolute atomic E-state index is 0.0306. The lowest BCUT2D eigenvalue weighted by Crippen LogP contribution is -2.40. The van der Waals surface area contributed by atoms with Crippen molar-refractivity contribution in [3.05, 3.63) is 29.8 Å². The fourth-order valence-corrected chi connectivity index (χ4v) is 2.26. The number of hydrogen-bond acceptors (Lipinski definition) is 3. The lowest BCUT2D eigenvalue weighted by atomic mass is 10.2. The monoisotopic (exact) mass is 262 g/mol. The van der Waals surface area contributed by atoms with Crippen molar-refractivity contribution in [1.29, 1.82) is 0 Å². The van der Waals surface area contributed by atoms with Gasteiger partial charge in [0.1, 0.15) is 5.75 Å². The van der Waals surface area contributed by atoms with Crippen molar-refractivity contribution in [3.8, 4) is 5.75 Å². The zero-order valence-electron chi connectivity index (χ0n) is 10.7. The van der Waals surface area contributed by atoms with E-state index >= 15 is 0 Å². The van der Waals surface area contributed by atoms with Gasteiger partial charge in [0.2, 0.25) is 5.91 Å². The smallest absolute Gasteiger partial charge is 0.251 e. The molecule has 5 nitrogen and oxygen atoms in total. The summed E-state index contributed by atoms with van der Waals surface area (Å²) >= 11 is 0. The Labute approximate surface area is 112 Å². The highest BCUT2D eigenvalue weighted by Crippen LogP contribution is 2.17. The van der Waals surface area contributed by atoms with Crippen molar-refractivity contribution in [1.82, 2.24) is 10.6 Å². The molecule has 19 heavy (non-hydrogen) atoms. The second-order valence-electron chi connectivity index (χ2n) is 4.78. The van der Waals surface area contributed by atoms with E-state index in [1.807, 2.05) is 0 Å². The lowest BCUT2D eigenvalue weighted by Gasteiger charge is -2.12. The van der Waals surface area contributed by atoms with E-state index in [4.69, 9.17) is 0 Å². The average molecular weight is 262 g/mol. The Morgan fingerprint density at radius 2 is 2.00 bits per heavy atom. The van der Waals surface area contributed by atoms with Gasteiger partial charge < -0.3 is 15.7 Å². The molecule has 3 N–H and O–H groups in total. The van der Waals surface area contributed by atoms with Crippen LogP contribution in [0.15, 0.2) is 24.3 Å². The normalized spacial score (nSPS) is 15.2. The van der Waals surface area contributed by atoms with Crippen molar-refractivity contribution in [2.45, 2.75) is 31.7 Å². The third-order valence-electron chi connectivity index (χ3n) is 3.24. The topological polar surface area (TPSA) is 78.4 Å². The summed E-state index contributed by atoms with van der Waals surface area (Å²) in [5.41, 5.74) is 0.341. The van der Waals surface area contributed by atoms with E-state index in [1.54, 1.807) is 12.1 Å². The van der Waals surface area contributed by atoms with Gasteiger partial charge in [-0.15, -0.1) is 0 Å². The minimum atomic E-state index is -0.363. The van der Waals surface area contributed by atoms with Crippen molar-refractivity contribution < 1.29 is 14.7 Å². The van der Waals surface area contributed by atoms with Crippen LogP contribution in [0.5, 0.6) is 5.75 Å². The van der Waals surface area contributed by atoms with Gasteiger partial charge in [-0.05, 0) is 31.0 Å². The van der Waals surface area contributed by atoms with Crippen LogP contribution in [0.25, 0.3) is 0 Å². The summed E-state index contributed by atoms with van der Waals surface area (Å²) in [6.07, 6.45) is 4.35. The molecule has 0 aliphatic heterocycles. The SMILES string of the molecule is O=C(CNC(=O)c1cccc(O)c1)NC1CCCC1. The summed E-state index contributed by atoms with van der Waals surface area (Å²) in [5, 5.41) is 14.7. The molecule has 2 amide bonds. The van der Waals surface area contributed by atoms with Gasteiger partial charge >= 0.3 is 0 Å². The zero-order chi connectivity index (χ0) is 13.7. The van der Waals surface area contributed by atoms with Crippen molar-refractivity contribution in [3.63, 3.8) is 0 Å². The molecule has 0 saturated heterocycles. The van der Waals surface area contributed by atoms with Crippen molar-refractivity contribution in [2.75, 3.05) is 6.54 Å². The zero-order valence-corrected chi connectivity index (χ0v) is 10.7.